The number of hydrogen-bond acceptors (Lipinski definition) is 3. The van der Waals surface area contributed by atoms with Gasteiger partial charge in [-0.2, -0.15) is 0 Å². The summed E-state index contributed by atoms with van der Waals surface area (Å²) in [6.45, 7) is 1.18. The normalized spacial score (nSPS) is 8.25. The van der Waals surface area contributed by atoms with Crippen molar-refractivity contribution in [2.75, 3.05) is 4.61 Å². The van der Waals surface area contributed by atoms with Crippen LogP contribution in [0, 0.1) is 0 Å². The number of ketones is 1. The summed E-state index contributed by atoms with van der Waals surface area (Å²) >= 11 is 1.84. The minimum atomic E-state index is -0.764. The Bertz CT molecular complexity index is 110. The number of esters is 1. The lowest BCUT2D eigenvalue weighted by molar-refractivity contribution is -0.150. The summed E-state index contributed by atoms with van der Waals surface area (Å²) in [5.41, 5.74) is 0. The predicted octanol–water partition coefficient (Wildman–Crippen LogP) is 0.511. The standard InChI is InChI=1S/C4H5IO3/c1-3(6)4(7)8-2-5/h2H2,1H3. The van der Waals surface area contributed by atoms with Crippen LogP contribution in [0.2, 0.25) is 0 Å². The molecule has 0 rings (SSSR count). The molecule has 0 fully saturated rings. The van der Waals surface area contributed by atoms with Crippen LogP contribution in [0.3, 0.4) is 0 Å². The van der Waals surface area contributed by atoms with Gasteiger partial charge in [0.1, 0.15) is 4.61 Å². The number of ether oxygens (including phenoxy) is 1. The van der Waals surface area contributed by atoms with Crippen molar-refractivity contribution in [2.45, 2.75) is 6.92 Å². The molecule has 3 nitrogen and oxygen atoms in total. The highest BCUT2D eigenvalue weighted by Gasteiger charge is 2.05. The van der Waals surface area contributed by atoms with Crippen LogP contribution in [0.1, 0.15) is 6.92 Å². The van der Waals surface area contributed by atoms with E-state index in [0.717, 1.165) is 0 Å². The Morgan fingerprint density at radius 1 is 1.62 bits per heavy atom. The predicted molar refractivity (Wildman–Crippen MR) is 35.7 cm³/mol. The first-order valence-corrected chi connectivity index (χ1v) is 3.44. The highest BCUT2D eigenvalue weighted by atomic mass is 127. The van der Waals surface area contributed by atoms with Gasteiger partial charge in [-0.1, -0.05) is 0 Å². The van der Waals surface area contributed by atoms with Gasteiger partial charge in [-0.15, -0.1) is 0 Å². The third-order valence-electron chi connectivity index (χ3n) is 0.473. The zero-order valence-electron chi connectivity index (χ0n) is 4.31. The smallest absolute Gasteiger partial charge is 0.375 e. The Labute approximate surface area is 60.5 Å². The Kier molecular flexibility index (Phi) is 3.76. The average molecular weight is 228 g/mol. The van der Waals surface area contributed by atoms with Crippen molar-refractivity contribution in [2.24, 2.45) is 0 Å². The lowest BCUT2D eigenvalue weighted by atomic mass is 10.5. The molecule has 0 bridgehead atoms. The number of hydrogen-bond donors (Lipinski definition) is 0. The molecule has 0 N–H and O–H groups in total. The molecule has 0 aliphatic heterocycles. The van der Waals surface area contributed by atoms with Crippen LogP contribution in [-0.2, 0) is 14.3 Å². The quantitative estimate of drug-likeness (QED) is 0.299. The van der Waals surface area contributed by atoms with E-state index in [9.17, 15) is 9.59 Å². The minimum Gasteiger partial charge on any atom is -0.449 e. The van der Waals surface area contributed by atoms with E-state index >= 15 is 0 Å². The van der Waals surface area contributed by atoms with Crippen molar-refractivity contribution in [1.82, 2.24) is 0 Å². The Hall–Kier alpha value is -0.130. The van der Waals surface area contributed by atoms with Gasteiger partial charge in [0.15, 0.2) is 0 Å². The summed E-state index contributed by atoms with van der Waals surface area (Å²) in [7, 11) is 0. The van der Waals surface area contributed by atoms with Gasteiger partial charge in [0.05, 0.1) is 0 Å². The molecule has 0 aliphatic rings. The van der Waals surface area contributed by atoms with Crippen molar-refractivity contribution < 1.29 is 14.3 Å². The first-order valence-electron chi connectivity index (χ1n) is 1.92. The average Bonchev–Trinajstić information content (AvgIpc) is 1.67. The van der Waals surface area contributed by atoms with Gasteiger partial charge in [-0.3, -0.25) is 4.79 Å². The molecule has 46 valence electrons. The van der Waals surface area contributed by atoms with E-state index < -0.39 is 11.8 Å². The minimum absolute atomic E-state index is 0.232. The van der Waals surface area contributed by atoms with E-state index in [1.54, 1.807) is 0 Å². The second kappa shape index (κ2) is 3.82. The van der Waals surface area contributed by atoms with Gasteiger partial charge in [0.25, 0.3) is 0 Å². The molecule has 0 spiro atoms. The van der Waals surface area contributed by atoms with E-state index in [1.807, 2.05) is 22.6 Å². The fourth-order valence-corrected chi connectivity index (χ4v) is 0.434. The molecule has 0 aromatic heterocycles. The maximum atomic E-state index is 10.2. The molecule has 8 heavy (non-hydrogen) atoms. The SMILES string of the molecule is CC(=O)C(=O)OCI. The lowest BCUT2D eigenvalue weighted by Crippen LogP contribution is -2.12. The molecule has 0 radical (unpaired) electrons. The van der Waals surface area contributed by atoms with Gasteiger partial charge in [-0.25, -0.2) is 4.79 Å². The first kappa shape index (κ1) is 7.87. The van der Waals surface area contributed by atoms with Crippen LogP contribution in [0.5, 0.6) is 0 Å². The van der Waals surface area contributed by atoms with Gasteiger partial charge in [0, 0.05) is 6.92 Å². The van der Waals surface area contributed by atoms with Gasteiger partial charge < -0.3 is 4.74 Å². The largest absolute Gasteiger partial charge is 0.449 e. The van der Waals surface area contributed by atoms with Crippen molar-refractivity contribution in [3.8, 4) is 0 Å². The van der Waals surface area contributed by atoms with E-state index in [0.29, 0.717) is 0 Å². The summed E-state index contributed by atoms with van der Waals surface area (Å²) < 4.78 is 4.53. The Morgan fingerprint density at radius 3 is 2.25 bits per heavy atom. The zero-order chi connectivity index (χ0) is 6.57. The molecule has 0 unspecified atom stereocenters. The number of carbonyl (C=O) groups is 2. The fraction of sp³-hybridized carbons (Fsp3) is 0.500. The molecule has 0 saturated heterocycles. The van der Waals surface area contributed by atoms with E-state index in [1.165, 1.54) is 6.92 Å². The van der Waals surface area contributed by atoms with Crippen LogP contribution < -0.4 is 0 Å². The summed E-state index contributed by atoms with van der Waals surface area (Å²) in [6.07, 6.45) is 0. The van der Waals surface area contributed by atoms with Crippen LogP contribution >= 0.6 is 22.6 Å². The molecule has 4 heteroatoms. The molecule has 0 amide bonds. The third-order valence-corrected chi connectivity index (χ3v) is 0.785. The second-order valence-electron chi connectivity index (χ2n) is 1.10. The van der Waals surface area contributed by atoms with Gasteiger partial charge >= 0.3 is 5.97 Å². The van der Waals surface area contributed by atoms with Gasteiger partial charge in [0.2, 0.25) is 5.78 Å². The summed E-state index contributed by atoms with van der Waals surface area (Å²) in [5, 5.41) is 0. The number of rotatable bonds is 2. The molecule has 0 aromatic rings. The zero-order valence-corrected chi connectivity index (χ0v) is 6.47. The number of alkyl halides is 1. The maximum absolute atomic E-state index is 10.2. The van der Waals surface area contributed by atoms with Crippen molar-refractivity contribution >= 4 is 34.3 Å². The topological polar surface area (TPSA) is 43.4 Å². The summed E-state index contributed by atoms with van der Waals surface area (Å²) in [6, 6.07) is 0. The van der Waals surface area contributed by atoms with Gasteiger partial charge in [-0.05, 0) is 22.6 Å². The highest BCUT2D eigenvalue weighted by molar-refractivity contribution is 14.1. The van der Waals surface area contributed by atoms with Crippen LogP contribution in [0.15, 0.2) is 0 Å². The molecule has 0 saturated carbocycles. The fourth-order valence-electron chi connectivity index (χ4n) is 0.151. The highest BCUT2D eigenvalue weighted by Crippen LogP contribution is 1.85. The van der Waals surface area contributed by atoms with E-state index in [4.69, 9.17) is 0 Å². The summed E-state index contributed by atoms with van der Waals surface area (Å²) in [4.78, 5) is 20.2. The molecule has 0 heterocycles. The molecule has 0 atom stereocenters. The lowest BCUT2D eigenvalue weighted by Gasteiger charge is -1.91. The molecule has 0 aromatic carbocycles. The van der Waals surface area contributed by atoms with Crippen LogP contribution in [0.4, 0.5) is 0 Å². The van der Waals surface area contributed by atoms with Crippen molar-refractivity contribution in [3.05, 3.63) is 0 Å². The van der Waals surface area contributed by atoms with Crippen molar-refractivity contribution in [1.29, 1.82) is 0 Å². The monoisotopic (exact) mass is 228 g/mol. The third kappa shape index (κ3) is 2.95. The van der Waals surface area contributed by atoms with Crippen molar-refractivity contribution in [3.63, 3.8) is 0 Å². The molecular weight excluding hydrogens is 223 g/mol. The number of Topliss-reactive ketones (excluding diaryl/α,β-unsaturated/α-hetero) is 1. The van der Waals surface area contributed by atoms with E-state index in [-0.39, 0.29) is 4.61 Å². The van der Waals surface area contributed by atoms with Crippen LogP contribution in [-0.4, -0.2) is 16.4 Å². The molecular formula is C4H5IO3. The maximum Gasteiger partial charge on any atom is 0.375 e. The first-order chi connectivity index (χ1) is 3.68. The summed E-state index contributed by atoms with van der Waals surface area (Å²) in [5.74, 6) is -1.32. The van der Waals surface area contributed by atoms with E-state index in [2.05, 4.69) is 4.74 Å². The Balaban J connectivity index is 3.49. The van der Waals surface area contributed by atoms with Crippen LogP contribution in [0.25, 0.3) is 0 Å². The number of carbonyl (C=O) groups excluding carboxylic acids is 2. The molecule has 0 aliphatic carbocycles. The Morgan fingerprint density at radius 2 is 2.12 bits per heavy atom. The second-order valence-corrected chi connectivity index (χ2v) is 1.72. The number of halogens is 1.